The van der Waals surface area contributed by atoms with Crippen molar-refractivity contribution in [2.24, 2.45) is 0 Å². The van der Waals surface area contributed by atoms with Gasteiger partial charge in [0, 0.05) is 24.3 Å². The monoisotopic (exact) mass is 297 g/mol. The fourth-order valence-electron chi connectivity index (χ4n) is 1.84. The van der Waals surface area contributed by atoms with Crippen molar-refractivity contribution in [3.05, 3.63) is 33.1 Å². The summed E-state index contributed by atoms with van der Waals surface area (Å²) in [4.78, 5) is 48.9. The first-order chi connectivity index (χ1) is 9.61. The number of amides is 1. The first-order valence-electron chi connectivity index (χ1n) is 6.43. The second-order valence-corrected chi connectivity index (χ2v) is 5.60. The highest BCUT2D eigenvalue weighted by atomic mass is 16.4. The maximum Gasteiger partial charge on any atom is 0.328 e. The number of H-pyrrole nitrogens is 1. The summed E-state index contributed by atoms with van der Waals surface area (Å²) in [6, 6.07) is 1.15. The highest BCUT2D eigenvalue weighted by molar-refractivity contribution is 5.77. The fraction of sp³-hybridized carbons (Fsp3) is 0.538. The second-order valence-electron chi connectivity index (χ2n) is 5.60. The molecule has 0 atom stereocenters. The van der Waals surface area contributed by atoms with Crippen LogP contribution in [-0.2, 0) is 16.1 Å². The Balaban J connectivity index is 2.93. The molecule has 1 rings (SSSR count). The molecule has 1 amide bonds. The Hall–Kier alpha value is -2.38. The predicted molar refractivity (Wildman–Crippen MR) is 75.0 cm³/mol. The Kier molecular flexibility index (Phi) is 5.07. The topological polar surface area (TPSA) is 112 Å². The van der Waals surface area contributed by atoms with Gasteiger partial charge in [-0.15, -0.1) is 0 Å². The molecule has 0 aliphatic heterocycles. The van der Waals surface area contributed by atoms with Crippen LogP contribution in [0.4, 0.5) is 0 Å². The molecule has 2 N–H and O–H groups in total. The van der Waals surface area contributed by atoms with E-state index in [0.717, 1.165) is 10.6 Å². The lowest BCUT2D eigenvalue weighted by molar-refractivity contribution is -0.141. The number of hydrogen-bond donors (Lipinski definition) is 2. The van der Waals surface area contributed by atoms with Crippen LogP contribution < -0.4 is 11.2 Å². The minimum atomic E-state index is -1.00. The number of aromatic amines is 1. The number of rotatable bonds is 5. The molecular formula is C13H19N3O5. The molecular weight excluding hydrogens is 278 g/mol. The third kappa shape index (κ3) is 4.90. The van der Waals surface area contributed by atoms with Gasteiger partial charge in [-0.05, 0) is 20.8 Å². The summed E-state index contributed by atoms with van der Waals surface area (Å²) >= 11 is 0. The van der Waals surface area contributed by atoms with Crippen molar-refractivity contribution in [2.75, 3.05) is 6.54 Å². The summed E-state index contributed by atoms with van der Waals surface area (Å²) in [6.07, 6.45) is 1.06. The molecule has 0 aliphatic carbocycles. The van der Waals surface area contributed by atoms with E-state index in [1.54, 1.807) is 20.8 Å². The van der Waals surface area contributed by atoms with Crippen LogP contribution >= 0.6 is 0 Å². The number of carbonyl (C=O) groups is 2. The second kappa shape index (κ2) is 6.38. The van der Waals surface area contributed by atoms with E-state index in [2.05, 4.69) is 4.98 Å². The van der Waals surface area contributed by atoms with Crippen LogP contribution in [0.1, 0.15) is 27.2 Å². The zero-order valence-electron chi connectivity index (χ0n) is 12.3. The van der Waals surface area contributed by atoms with Crippen molar-refractivity contribution in [3.8, 4) is 0 Å². The third-order valence-corrected chi connectivity index (χ3v) is 2.86. The Bertz CT molecular complexity index is 638. The van der Waals surface area contributed by atoms with Gasteiger partial charge in [-0.2, -0.15) is 0 Å². The number of carboxylic acid groups (broad SMARTS) is 1. The van der Waals surface area contributed by atoms with Crippen molar-refractivity contribution in [2.45, 2.75) is 39.3 Å². The normalized spacial score (nSPS) is 11.2. The molecule has 0 saturated heterocycles. The summed E-state index contributed by atoms with van der Waals surface area (Å²) in [5.41, 5.74) is -1.79. The molecule has 0 radical (unpaired) electrons. The van der Waals surface area contributed by atoms with Crippen LogP contribution in [0.2, 0.25) is 0 Å². The Morgan fingerprint density at radius 2 is 1.95 bits per heavy atom. The number of carboxylic acids is 1. The number of aromatic nitrogens is 2. The minimum Gasteiger partial charge on any atom is -0.481 e. The van der Waals surface area contributed by atoms with Crippen LogP contribution in [0.5, 0.6) is 0 Å². The van der Waals surface area contributed by atoms with E-state index >= 15 is 0 Å². The molecule has 8 heteroatoms. The molecule has 1 aromatic rings. The lowest BCUT2D eigenvalue weighted by atomic mass is 10.1. The molecule has 0 aliphatic rings. The number of nitrogens with one attached hydrogen (secondary N) is 1. The van der Waals surface area contributed by atoms with Crippen LogP contribution in [-0.4, -0.2) is 43.5 Å². The van der Waals surface area contributed by atoms with E-state index < -0.39 is 28.7 Å². The van der Waals surface area contributed by atoms with Crippen molar-refractivity contribution in [3.63, 3.8) is 0 Å². The van der Waals surface area contributed by atoms with Crippen LogP contribution in [0.15, 0.2) is 21.9 Å². The quantitative estimate of drug-likeness (QED) is 0.770. The number of carbonyl (C=O) groups excluding carboxylic acids is 1. The van der Waals surface area contributed by atoms with Crippen molar-refractivity contribution < 1.29 is 14.7 Å². The summed E-state index contributed by atoms with van der Waals surface area (Å²) in [7, 11) is 0. The maximum atomic E-state index is 12.3. The minimum absolute atomic E-state index is 0.0514. The molecule has 0 aromatic carbocycles. The first kappa shape index (κ1) is 16.7. The molecule has 0 saturated carbocycles. The van der Waals surface area contributed by atoms with Gasteiger partial charge in [0.15, 0.2) is 0 Å². The molecule has 0 fully saturated rings. The predicted octanol–water partition coefficient (Wildman–Crippen LogP) is -0.362. The lowest BCUT2D eigenvalue weighted by Crippen LogP contribution is -2.49. The van der Waals surface area contributed by atoms with Crippen LogP contribution in [0.3, 0.4) is 0 Å². The zero-order chi connectivity index (χ0) is 16.2. The molecule has 1 heterocycles. The molecule has 0 spiro atoms. The van der Waals surface area contributed by atoms with E-state index in [1.165, 1.54) is 11.1 Å². The summed E-state index contributed by atoms with van der Waals surface area (Å²) in [5.74, 6) is -1.39. The summed E-state index contributed by atoms with van der Waals surface area (Å²) < 4.78 is 1.07. The Morgan fingerprint density at radius 1 is 1.33 bits per heavy atom. The molecule has 116 valence electrons. The highest BCUT2D eigenvalue weighted by Crippen LogP contribution is 2.14. The lowest BCUT2D eigenvalue weighted by Gasteiger charge is -2.35. The molecule has 1 aromatic heterocycles. The average molecular weight is 297 g/mol. The van der Waals surface area contributed by atoms with Gasteiger partial charge in [0.1, 0.15) is 6.54 Å². The molecule has 8 nitrogen and oxygen atoms in total. The zero-order valence-corrected chi connectivity index (χ0v) is 12.3. The molecule has 0 unspecified atom stereocenters. The Labute approximate surface area is 121 Å². The van der Waals surface area contributed by atoms with E-state index in [-0.39, 0.29) is 19.5 Å². The molecule has 21 heavy (non-hydrogen) atoms. The van der Waals surface area contributed by atoms with Gasteiger partial charge in [-0.1, -0.05) is 0 Å². The smallest absolute Gasteiger partial charge is 0.328 e. The van der Waals surface area contributed by atoms with Gasteiger partial charge < -0.3 is 10.0 Å². The maximum absolute atomic E-state index is 12.3. The van der Waals surface area contributed by atoms with E-state index in [9.17, 15) is 19.2 Å². The number of aliphatic carboxylic acids is 1. The van der Waals surface area contributed by atoms with Crippen molar-refractivity contribution in [1.29, 1.82) is 0 Å². The van der Waals surface area contributed by atoms with Gasteiger partial charge >= 0.3 is 11.7 Å². The fourth-order valence-corrected chi connectivity index (χ4v) is 1.84. The van der Waals surface area contributed by atoms with Gasteiger partial charge in [0.05, 0.1) is 6.42 Å². The molecule has 0 bridgehead atoms. The summed E-state index contributed by atoms with van der Waals surface area (Å²) in [6.45, 7) is 5.13. The van der Waals surface area contributed by atoms with Gasteiger partial charge in [-0.3, -0.25) is 23.9 Å². The van der Waals surface area contributed by atoms with E-state index in [1.807, 2.05) is 0 Å². The number of nitrogens with zero attached hydrogens (tertiary/aromatic N) is 2. The standard InChI is InChI=1S/C13H19N3O5/c1-13(2,3)16(7-5-11(19)20)10(18)8-15-6-4-9(17)14-12(15)21/h4,6H,5,7-8H2,1-3H3,(H,19,20)(H,14,17,21). The van der Waals surface area contributed by atoms with Gasteiger partial charge in [0.25, 0.3) is 5.56 Å². The van der Waals surface area contributed by atoms with Gasteiger partial charge in [0.2, 0.25) is 5.91 Å². The SMILES string of the molecule is CC(C)(C)N(CCC(=O)O)C(=O)Cn1ccc(=O)[nH]c1=O. The van der Waals surface area contributed by atoms with Gasteiger partial charge in [-0.25, -0.2) is 4.79 Å². The highest BCUT2D eigenvalue weighted by Gasteiger charge is 2.27. The third-order valence-electron chi connectivity index (χ3n) is 2.86. The average Bonchev–Trinajstić information content (AvgIpc) is 2.30. The van der Waals surface area contributed by atoms with E-state index in [4.69, 9.17) is 5.11 Å². The van der Waals surface area contributed by atoms with Crippen molar-refractivity contribution >= 4 is 11.9 Å². The van der Waals surface area contributed by atoms with Crippen molar-refractivity contribution in [1.82, 2.24) is 14.5 Å². The van der Waals surface area contributed by atoms with Crippen LogP contribution in [0, 0.1) is 0 Å². The van der Waals surface area contributed by atoms with E-state index in [0.29, 0.717) is 0 Å². The summed E-state index contributed by atoms with van der Waals surface area (Å²) in [5, 5.41) is 8.74. The first-order valence-corrected chi connectivity index (χ1v) is 6.43. The van der Waals surface area contributed by atoms with Crippen LogP contribution in [0.25, 0.3) is 0 Å². The Morgan fingerprint density at radius 3 is 2.43 bits per heavy atom. The largest absolute Gasteiger partial charge is 0.481 e. The number of hydrogen-bond acceptors (Lipinski definition) is 4.